The van der Waals surface area contributed by atoms with Crippen molar-refractivity contribution in [2.45, 2.75) is 64.1 Å². The molecule has 6 rings (SSSR count). The highest BCUT2D eigenvalue weighted by atomic mass is 16.6. The van der Waals surface area contributed by atoms with Crippen molar-refractivity contribution in [1.29, 1.82) is 0 Å². The third-order valence-electron chi connectivity index (χ3n) is 9.24. The van der Waals surface area contributed by atoms with Gasteiger partial charge in [-0.3, -0.25) is 4.79 Å². The van der Waals surface area contributed by atoms with Crippen molar-refractivity contribution in [3.63, 3.8) is 0 Å². The molecule has 0 radical (unpaired) electrons. The van der Waals surface area contributed by atoms with Gasteiger partial charge in [-0.2, -0.15) is 0 Å². The Balaban J connectivity index is 1.10. The Morgan fingerprint density at radius 2 is 1.59 bits per heavy atom. The summed E-state index contributed by atoms with van der Waals surface area (Å²) in [5, 5.41) is 0. The van der Waals surface area contributed by atoms with E-state index in [9.17, 15) is 9.59 Å². The highest BCUT2D eigenvalue weighted by Gasteiger charge is 2.49. The second kappa shape index (κ2) is 12.1. The third kappa shape index (κ3) is 6.11. The molecule has 0 N–H and O–H groups in total. The van der Waals surface area contributed by atoms with E-state index in [-0.39, 0.29) is 17.4 Å². The summed E-state index contributed by atoms with van der Waals surface area (Å²) in [5.74, 6) is -0.0865. The largest absolute Gasteiger partial charge is 0.456 e. The standard InChI is InChI=1S/C37H44N4O3/c1-28-37(19-23-38(24-20-37)21-10-22-40-33-14-9-8-11-31(33)25-34(40)42)41(32-12-6-5-7-13-32)27-39(28)26-29-15-17-30(18-16-29)35(43)44-36(2,3)4/h5-9,11-18H,1,10,19-27H2,2-4H3. The predicted octanol–water partition coefficient (Wildman–Crippen LogP) is 6.25. The van der Waals surface area contributed by atoms with Crippen LogP contribution in [0.3, 0.4) is 0 Å². The predicted molar refractivity (Wildman–Crippen MR) is 176 cm³/mol. The fourth-order valence-electron chi connectivity index (χ4n) is 6.95. The minimum atomic E-state index is -0.521. The third-order valence-corrected chi connectivity index (χ3v) is 9.24. The van der Waals surface area contributed by atoms with E-state index in [1.807, 2.05) is 62.1 Å². The number of rotatable bonds is 8. The van der Waals surface area contributed by atoms with E-state index in [0.29, 0.717) is 12.0 Å². The Hall–Kier alpha value is -4.10. The molecular formula is C37H44N4O3. The molecule has 230 valence electrons. The topological polar surface area (TPSA) is 56.3 Å². The molecule has 3 aliphatic heterocycles. The Kier molecular flexibility index (Phi) is 8.25. The molecule has 0 saturated carbocycles. The van der Waals surface area contributed by atoms with Crippen LogP contribution in [0, 0.1) is 0 Å². The Morgan fingerprint density at radius 1 is 0.909 bits per heavy atom. The Labute approximate surface area is 261 Å². The van der Waals surface area contributed by atoms with Crippen LogP contribution in [0.15, 0.2) is 91.1 Å². The Morgan fingerprint density at radius 3 is 2.30 bits per heavy atom. The van der Waals surface area contributed by atoms with Gasteiger partial charge in [0.2, 0.25) is 5.91 Å². The normalized spacial score (nSPS) is 18.3. The number of hydrogen-bond donors (Lipinski definition) is 0. The van der Waals surface area contributed by atoms with Crippen molar-refractivity contribution in [1.82, 2.24) is 9.80 Å². The van der Waals surface area contributed by atoms with Gasteiger partial charge in [0.05, 0.1) is 24.2 Å². The van der Waals surface area contributed by atoms with E-state index >= 15 is 0 Å². The highest BCUT2D eigenvalue weighted by molar-refractivity contribution is 6.01. The molecule has 44 heavy (non-hydrogen) atoms. The molecular weight excluding hydrogens is 548 g/mol. The summed E-state index contributed by atoms with van der Waals surface area (Å²) in [7, 11) is 0. The summed E-state index contributed by atoms with van der Waals surface area (Å²) in [5.41, 5.74) is 5.64. The lowest BCUT2D eigenvalue weighted by molar-refractivity contribution is -0.117. The summed E-state index contributed by atoms with van der Waals surface area (Å²) in [4.78, 5) is 34.6. The van der Waals surface area contributed by atoms with Crippen LogP contribution in [0.25, 0.3) is 0 Å². The van der Waals surface area contributed by atoms with Gasteiger partial charge in [0.1, 0.15) is 5.60 Å². The van der Waals surface area contributed by atoms with Gasteiger partial charge in [-0.15, -0.1) is 0 Å². The summed E-state index contributed by atoms with van der Waals surface area (Å²) in [6, 6.07) is 26.6. The van der Waals surface area contributed by atoms with Crippen LogP contribution in [-0.4, -0.2) is 65.7 Å². The van der Waals surface area contributed by atoms with Crippen molar-refractivity contribution in [2.24, 2.45) is 0 Å². The molecule has 1 spiro atoms. The van der Waals surface area contributed by atoms with E-state index in [4.69, 9.17) is 4.74 Å². The van der Waals surface area contributed by atoms with Crippen LogP contribution in [0.1, 0.15) is 61.5 Å². The fourth-order valence-corrected chi connectivity index (χ4v) is 6.95. The van der Waals surface area contributed by atoms with Crippen molar-refractivity contribution >= 4 is 23.3 Å². The van der Waals surface area contributed by atoms with Crippen LogP contribution >= 0.6 is 0 Å². The number of esters is 1. The monoisotopic (exact) mass is 592 g/mol. The number of piperidine rings is 1. The second-order valence-corrected chi connectivity index (χ2v) is 13.3. The van der Waals surface area contributed by atoms with Crippen LogP contribution in [0.2, 0.25) is 0 Å². The molecule has 3 aliphatic rings. The van der Waals surface area contributed by atoms with Gasteiger partial charge < -0.3 is 24.3 Å². The van der Waals surface area contributed by atoms with Gasteiger partial charge >= 0.3 is 5.97 Å². The molecule has 3 heterocycles. The van der Waals surface area contributed by atoms with Crippen molar-refractivity contribution in [2.75, 3.05) is 42.6 Å². The van der Waals surface area contributed by atoms with Crippen LogP contribution < -0.4 is 9.80 Å². The summed E-state index contributed by atoms with van der Waals surface area (Å²) < 4.78 is 5.54. The number of benzene rings is 3. The molecule has 1 amide bonds. The first-order chi connectivity index (χ1) is 21.1. The van der Waals surface area contributed by atoms with E-state index in [0.717, 1.165) is 81.2 Å². The minimum Gasteiger partial charge on any atom is -0.456 e. The molecule has 0 aliphatic carbocycles. The molecule has 7 heteroatoms. The Bertz CT molecular complexity index is 1500. The average molecular weight is 593 g/mol. The van der Waals surface area contributed by atoms with Gasteiger partial charge in [0, 0.05) is 43.3 Å². The van der Waals surface area contributed by atoms with Gasteiger partial charge in [-0.05, 0) is 88.0 Å². The number of anilines is 2. The molecule has 3 aromatic rings. The van der Waals surface area contributed by atoms with Crippen LogP contribution in [0.5, 0.6) is 0 Å². The van der Waals surface area contributed by atoms with Crippen LogP contribution in [-0.2, 0) is 22.5 Å². The van der Waals surface area contributed by atoms with Gasteiger partial charge in [0.15, 0.2) is 0 Å². The molecule has 0 atom stereocenters. The SMILES string of the molecule is C=C1N(Cc2ccc(C(=O)OC(C)(C)C)cc2)CN(c2ccccc2)C12CCN(CCCN1C(=O)Cc3ccccc31)CC2. The average Bonchev–Trinajstić information content (AvgIpc) is 3.47. The lowest BCUT2D eigenvalue weighted by atomic mass is 9.83. The van der Waals surface area contributed by atoms with E-state index in [1.165, 1.54) is 5.69 Å². The lowest BCUT2D eigenvalue weighted by Gasteiger charge is -2.45. The zero-order valence-corrected chi connectivity index (χ0v) is 26.3. The van der Waals surface area contributed by atoms with Crippen molar-refractivity contribution in [3.05, 3.63) is 108 Å². The zero-order chi connectivity index (χ0) is 30.9. The number of hydrogen-bond acceptors (Lipinski definition) is 6. The smallest absolute Gasteiger partial charge is 0.338 e. The maximum atomic E-state index is 12.6. The molecule has 7 nitrogen and oxygen atoms in total. The maximum Gasteiger partial charge on any atom is 0.338 e. The molecule has 3 aromatic carbocycles. The second-order valence-electron chi connectivity index (χ2n) is 13.3. The first kappa shape index (κ1) is 29.9. The molecule has 0 bridgehead atoms. The molecule has 0 aromatic heterocycles. The van der Waals surface area contributed by atoms with Crippen molar-refractivity contribution in [3.8, 4) is 0 Å². The number of amides is 1. The quantitative estimate of drug-likeness (QED) is 0.288. The summed E-state index contributed by atoms with van der Waals surface area (Å²) in [6.07, 6.45) is 3.48. The summed E-state index contributed by atoms with van der Waals surface area (Å²) >= 11 is 0. The first-order valence-electron chi connectivity index (χ1n) is 15.8. The number of nitrogens with zero attached hydrogens (tertiary/aromatic N) is 4. The van der Waals surface area contributed by atoms with Gasteiger partial charge in [-0.25, -0.2) is 4.79 Å². The number of likely N-dealkylation sites (tertiary alicyclic amines) is 1. The number of ether oxygens (including phenoxy) is 1. The number of carbonyl (C=O) groups excluding carboxylic acids is 2. The van der Waals surface area contributed by atoms with E-state index in [2.05, 4.69) is 63.7 Å². The maximum absolute atomic E-state index is 12.6. The van der Waals surface area contributed by atoms with Crippen molar-refractivity contribution < 1.29 is 14.3 Å². The number of fused-ring (bicyclic) bond motifs is 1. The highest BCUT2D eigenvalue weighted by Crippen LogP contribution is 2.45. The number of para-hydroxylation sites is 2. The van der Waals surface area contributed by atoms with Gasteiger partial charge in [0.25, 0.3) is 0 Å². The van der Waals surface area contributed by atoms with E-state index < -0.39 is 5.60 Å². The fraction of sp³-hybridized carbons (Fsp3) is 0.405. The van der Waals surface area contributed by atoms with Crippen LogP contribution in [0.4, 0.5) is 11.4 Å². The molecule has 0 unspecified atom stereocenters. The zero-order valence-electron chi connectivity index (χ0n) is 26.3. The number of carbonyl (C=O) groups is 2. The molecule has 2 saturated heterocycles. The van der Waals surface area contributed by atoms with Gasteiger partial charge in [-0.1, -0.05) is 55.1 Å². The van der Waals surface area contributed by atoms with E-state index in [1.54, 1.807) is 0 Å². The first-order valence-corrected chi connectivity index (χ1v) is 15.8. The lowest BCUT2D eigenvalue weighted by Crippen LogP contribution is -2.53. The summed E-state index contributed by atoms with van der Waals surface area (Å²) in [6.45, 7) is 15.6. The molecule has 2 fully saturated rings. The minimum absolute atomic E-state index is 0.141.